The molecule has 2 aromatic rings. The van der Waals surface area contributed by atoms with Crippen LogP contribution >= 0.6 is 11.6 Å². The second-order valence-corrected chi connectivity index (χ2v) is 6.63. The molecule has 4 nitrogen and oxygen atoms in total. The molecule has 0 saturated carbocycles. The lowest BCUT2D eigenvalue weighted by atomic mass is 9.88. The first-order valence-electron chi connectivity index (χ1n) is 8.08. The van der Waals surface area contributed by atoms with Crippen LogP contribution in [0.2, 0.25) is 5.02 Å². The van der Waals surface area contributed by atoms with E-state index in [2.05, 4.69) is 17.0 Å². The number of ether oxygens (including phenoxy) is 2. The second-order valence-electron chi connectivity index (χ2n) is 6.19. The van der Waals surface area contributed by atoms with Crippen LogP contribution < -0.4 is 20.1 Å². The van der Waals surface area contributed by atoms with Gasteiger partial charge in [0.1, 0.15) is 0 Å². The minimum absolute atomic E-state index is 0.121. The maximum absolute atomic E-state index is 6.32. The number of halogens is 1. The third-order valence-corrected chi connectivity index (χ3v) is 4.77. The van der Waals surface area contributed by atoms with Crippen molar-refractivity contribution in [3.05, 3.63) is 53.1 Å². The van der Waals surface area contributed by atoms with Crippen LogP contribution in [0.4, 0.5) is 5.69 Å². The topological polar surface area (TPSA) is 47.7 Å². The fourth-order valence-electron chi connectivity index (χ4n) is 3.37. The van der Waals surface area contributed by atoms with E-state index >= 15 is 0 Å². The molecule has 0 spiro atoms. The van der Waals surface area contributed by atoms with Crippen LogP contribution in [0.1, 0.15) is 17.9 Å². The van der Waals surface area contributed by atoms with Crippen LogP contribution in [-0.4, -0.2) is 33.4 Å². The number of anilines is 1. The zero-order chi connectivity index (χ0) is 17.1. The van der Waals surface area contributed by atoms with E-state index in [1.807, 2.05) is 30.3 Å². The molecule has 2 unspecified atom stereocenters. The van der Waals surface area contributed by atoms with Crippen molar-refractivity contribution in [1.82, 2.24) is 0 Å². The molecule has 5 heteroatoms. The number of hydrogen-bond donors (Lipinski definition) is 1. The smallest absolute Gasteiger partial charge is 0.162 e. The first-order chi connectivity index (χ1) is 11.6. The van der Waals surface area contributed by atoms with Gasteiger partial charge in [0.15, 0.2) is 11.5 Å². The average molecular weight is 347 g/mol. The highest BCUT2D eigenvalue weighted by atomic mass is 35.5. The van der Waals surface area contributed by atoms with Gasteiger partial charge in [0.25, 0.3) is 0 Å². The van der Waals surface area contributed by atoms with Gasteiger partial charge in [-0.3, -0.25) is 0 Å². The fraction of sp³-hybridized carbons (Fsp3) is 0.368. The van der Waals surface area contributed by atoms with Gasteiger partial charge >= 0.3 is 0 Å². The Morgan fingerprint density at radius 3 is 2.54 bits per heavy atom. The molecule has 3 rings (SSSR count). The summed E-state index contributed by atoms with van der Waals surface area (Å²) in [5.74, 6) is 1.82. The van der Waals surface area contributed by atoms with Crippen molar-refractivity contribution in [2.24, 2.45) is 5.73 Å². The standard InChI is InChI=1S/C19H23ClN2O2/c1-23-18-7-6-17(10-19(18)24-2)22-11-14(9-16(21)12-22)13-4-3-5-15(20)8-13/h3-8,10,14,16H,9,11-12,21H2,1-2H3. The molecule has 2 N–H and O–H groups in total. The van der Waals surface area contributed by atoms with Gasteiger partial charge in [-0.25, -0.2) is 0 Å². The normalized spacial score (nSPS) is 20.8. The van der Waals surface area contributed by atoms with E-state index in [1.165, 1.54) is 5.56 Å². The number of hydrogen-bond acceptors (Lipinski definition) is 4. The SMILES string of the molecule is COc1ccc(N2CC(N)CC(c3cccc(Cl)c3)C2)cc1OC. The van der Waals surface area contributed by atoms with E-state index in [0.717, 1.165) is 41.7 Å². The van der Waals surface area contributed by atoms with Gasteiger partial charge in [-0.15, -0.1) is 0 Å². The van der Waals surface area contributed by atoms with Gasteiger partial charge in [-0.1, -0.05) is 23.7 Å². The number of rotatable bonds is 4. The summed E-state index contributed by atoms with van der Waals surface area (Å²) in [5, 5.41) is 0.768. The molecule has 0 aromatic heterocycles. The highest BCUT2D eigenvalue weighted by molar-refractivity contribution is 6.30. The molecule has 2 atom stereocenters. The minimum Gasteiger partial charge on any atom is -0.493 e. The Morgan fingerprint density at radius 2 is 1.83 bits per heavy atom. The number of piperidine rings is 1. The second kappa shape index (κ2) is 7.32. The average Bonchev–Trinajstić information content (AvgIpc) is 2.60. The van der Waals surface area contributed by atoms with E-state index < -0.39 is 0 Å². The lowest BCUT2D eigenvalue weighted by Gasteiger charge is -2.38. The lowest BCUT2D eigenvalue weighted by Crippen LogP contribution is -2.46. The van der Waals surface area contributed by atoms with E-state index in [-0.39, 0.29) is 6.04 Å². The Bertz CT molecular complexity index is 708. The van der Waals surface area contributed by atoms with Gasteiger partial charge in [0.05, 0.1) is 14.2 Å². The van der Waals surface area contributed by atoms with Crippen LogP contribution in [0, 0.1) is 0 Å². The van der Waals surface area contributed by atoms with E-state index in [9.17, 15) is 0 Å². The van der Waals surface area contributed by atoms with Gasteiger partial charge in [-0.05, 0) is 36.2 Å². The van der Waals surface area contributed by atoms with Crippen LogP contribution in [0.25, 0.3) is 0 Å². The molecule has 0 aliphatic carbocycles. The van der Waals surface area contributed by atoms with E-state index in [4.69, 9.17) is 26.8 Å². The molecule has 2 aromatic carbocycles. The maximum atomic E-state index is 6.32. The molecule has 0 radical (unpaired) electrons. The van der Waals surface area contributed by atoms with Gasteiger partial charge < -0.3 is 20.1 Å². The molecule has 0 bridgehead atoms. The Hall–Kier alpha value is -1.91. The fourth-order valence-corrected chi connectivity index (χ4v) is 3.57. The van der Waals surface area contributed by atoms with Crippen molar-refractivity contribution < 1.29 is 9.47 Å². The lowest BCUT2D eigenvalue weighted by molar-refractivity contribution is 0.354. The molecule has 1 aliphatic heterocycles. The Kier molecular flexibility index (Phi) is 5.17. The summed E-state index contributed by atoms with van der Waals surface area (Å²) >= 11 is 6.15. The molecule has 24 heavy (non-hydrogen) atoms. The summed E-state index contributed by atoms with van der Waals surface area (Å²) in [6.07, 6.45) is 0.962. The molecular formula is C19H23ClN2O2. The van der Waals surface area contributed by atoms with Crippen LogP contribution in [-0.2, 0) is 0 Å². The summed E-state index contributed by atoms with van der Waals surface area (Å²) in [5.41, 5.74) is 8.66. The minimum atomic E-state index is 0.121. The molecule has 1 aliphatic rings. The Balaban J connectivity index is 1.86. The first kappa shape index (κ1) is 16.9. The van der Waals surface area contributed by atoms with Crippen molar-refractivity contribution >= 4 is 17.3 Å². The zero-order valence-electron chi connectivity index (χ0n) is 14.0. The Labute approximate surface area is 148 Å². The number of benzene rings is 2. The number of methoxy groups -OCH3 is 2. The summed E-state index contributed by atoms with van der Waals surface area (Å²) in [6.45, 7) is 1.73. The summed E-state index contributed by atoms with van der Waals surface area (Å²) in [7, 11) is 3.29. The number of nitrogens with two attached hydrogens (primary N) is 1. The third-order valence-electron chi connectivity index (χ3n) is 4.54. The van der Waals surface area contributed by atoms with Crippen LogP contribution in [0.3, 0.4) is 0 Å². The molecule has 1 saturated heterocycles. The zero-order valence-corrected chi connectivity index (χ0v) is 14.8. The summed E-state index contributed by atoms with van der Waals surface area (Å²) < 4.78 is 10.7. The molecule has 128 valence electrons. The highest BCUT2D eigenvalue weighted by Gasteiger charge is 2.27. The monoisotopic (exact) mass is 346 g/mol. The molecular weight excluding hydrogens is 324 g/mol. The van der Waals surface area contributed by atoms with Crippen LogP contribution in [0.15, 0.2) is 42.5 Å². The van der Waals surface area contributed by atoms with Crippen LogP contribution in [0.5, 0.6) is 11.5 Å². The molecule has 1 heterocycles. The van der Waals surface area contributed by atoms with Gasteiger partial charge in [0.2, 0.25) is 0 Å². The quantitative estimate of drug-likeness (QED) is 0.917. The predicted octanol–water partition coefficient (Wildman–Crippen LogP) is 3.68. The van der Waals surface area contributed by atoms with Crippen molar-refractivity contribution in [3.63, 3.8) is 0 Å². The van der Waals surface area contributed by atoms with Crippen molar-refractivity contribution in [3.8, 4) is 11.5 Å². The van der Waals surface area contributed by atoms with E-state index in [1.54, 1.807) is 14.2 Å². The predicted molar refractivity (Wildman–Crippen MR) is 98.5 cm³/mol. The van der Waals surface area contributed by atoms with Crippen molar-refractivity contribution in [2.75, 3.05) is 32.2 Å². The summed E-state index contributed by atoms with van der Waals surface area (Å²) in [6, 6.07) is 14.2. The van der Waals surface area contributed by atoms with Crippen molar-refractivity contribution in [1.29, 1.82) is 0 Å². The van der Waals surface area contributed by atoms with Crippen molar-refractivity contribution in [2.45, 2.75) is 18.4 Å². The molecule has 1 fully saturated rings. The maximum Gasteiger partial charge on any atom is 0.162 e. The number of nitrogens with zero attached hydrogens (tertiary/aromatic N) is 1. The Morgan fingerprint density at radius 1 is 1.04 bits per heavy atom. The highest BCUT2D eigenvalue weighted by Crippen LogP contribution is 2.35. The largest absolute Gasteiger partial charge is 0.493 e. The van der Waals surface area contributed by atoms with Gasteiger partial charge in [0, 0.05) is 41.8 Å². The van der Waals surface area contributed by atoms with E-state index in [0.29, 0.717) is 5.92 Å². The third kappa shape index (κ3) is 3.60. The van der Waals surface area contributed by atoms with Gasteiger partial charge in [-0.2, -0.15) is 0 Å². The summed E-state index contributed by atoms with van der Waals surface area (Å²) in [4.78, 5) is 2.31. The molecule has 0 amide bonds. The first-order valence-corrected chi connectivity index (χ1v) is 8.46.